The van der Waals surface area contributed by atoms with E-state index in [0.717, 1.165) is 21.8 Å². The monoisotopic (exact) mass is 237 g/mol. The summed E-state index contributed by atoms with van der Waals surface area (Å²) in [6, 6.07) is 13.1. The van der Waals surface area contributed by atoms with Crippen molar-refractivity contribution in [3.05, 3.63) is 48.0 Å². The highest BCUT2D eigenvalue weighted by Crippen LogP contribution is 2.26. The van der Waals surface area contributed by atoms with Crippen LogP contribution in [-0.2, 0) is 0 Å². The Labute approximate surface area is 103 Å². The molecule has 0 atom stereocenters. The van der Waals surface area contributed by atoms with Gasteiger partial charge in [-0.1, -0.05) is 18.2 Å². The zero-order valence-corrected chi connectivity index (χ0v) is 9.55. The number of carbonyl (C=O) groups is 1. The van der Waals surface area contributed by atoms with Crippen molar-refractivity contribution >= 4 is 33.4 Å². The number of nitrogens with zero attached hydrogens (tertiary/aromatic N) is 1. The molecule has 0 bridgehead atoms. The number of anilines is 1. The molecule has 3 rings (SSSR count). The van der Waals surface area contributed by atoms with Gasteiger partial charge in [-0.15, -0.1) is 0 Å². The van der Waals surface area contributed by atoms with Crippen molar-refractivity contribution in [1.82, 2.24) is 4.98 Å². The molecular weight excluding hydrogens is 226 g/mol. The second-order valence-corrected chi connectivity index (χ2v) is 4.14. The number of carbonyl (C=O) groups excluding carboxylic acids is 1. The zero-order chi connectivity index (χ0) is 12.7. The summed E-state index contributed by atoms with van der Waals surface area (Å²) >= 11 is 0. The van der Waals surface area contributed by atoms with E-state index in [2.05, 4.69) is 4.98 Å². The Morgan fingerprint density at radius 3 is 2.61 bits per heavy atom. The summed E-state index contributed by atoms with van der Waals surface area (Å²) in [5, 5.41) is 1.74. The number of para-hydroxylation sites is 1. The number of pyridine rings is 1. The van der Waals surface area contributed by atoms with E-state index in [4.69, 9.17) is 11.5 Å². The third-order valence-electron chi connectivity index (χ3n) is 3.01. The highest BCUT2D eigenvalue weighted by Gasteiger charge is 2.10. The van der Waals surface area contributed by atoms with E-state index in [1.165, 1.54) is 0 Å². The van der Waals surface area contributed by atoms with Crippen LogP contribution in [0.3, 0.4) is 0 Å². The Balaban J connectivity index is 2.44. The van der Waals surface area contributed by atoms with Crippen LogP contribution in [0.5, 0.6) is 0 Å². The summed E-state index contributed by atoms with van der Waals surface area (Å²) in [6.45, 7) is 0. The first-order valence-electron chi connectivity index (χ1n) is 5.54. The molecule has 18 heavy (non-hydrogen) atoms. The first-order chi connectivity index (χ1) is 8.66. The predicted molar refractivity (Wildman–Crippen MR) is 72.2 cm³/mol. The molecule has 0 saturated heterocycles. The smallest absolute Gasteiger partial charge is 0.250 e. The maximum atomic E-state index is 11.3. The average molecular weight is 237 g/mol. The summed E-state index contributed by atoms with van der Waals surface area (Å²) in [4.78, 5) is 15.8. The molecule has 0 radical (unpaired) electrons. The van der Waals surface area contributed by atoms with Gasteiger partial charge in [0.05, 0.1) is 22.3 Å². The fourth-order valence-corrected chi connectivity index (χ4v) is 2.09. The standard InChI is InChI=1S/C14H11N3O/c15-13-9(14(16)18)5-6-12-10(13)7-8-3-1-2-4-11(8)17-12/h1-7H,15H2,(H2,16,18). The van der Waals surface area contributed by atoms with Crippen molar-refractivity contribution in [1.29, 1.82) is 0 Å². The van der Waals surface area contributed by atoms with Gasteiger partial charge in [0, 0.05) is 10.8 Å². The topological polar surface area (TPSA) is 82.0 Å². The lowest BCUT2D eigenvalue weighted by atomic mass is 10.1. The van der Waals surface area contributed by atoms with E-state index >= 15 is 0 Å². The third-order valence-corrected chi connectivity index (χ3v) is 3.01. The molecule has 0 unspecified atom stereocenters. The molecule has 2 aromatic carbocycles. The molecule has 0 aliphatic heterocycles. The number of fused-ring (bicyclic) bond motifs is 2. The molecule has 0 fully saturated rings. The number of benzene rings is 2. The minimum atomic E-state index is -0.525. The predicted octanol–water partition coefficient (Wildman–Crippen LogP) is 2.07. The van der Waals surface area contributed by atoms with Crippen LogP contribution in [0.2, 0.25) is 0 Å². The van der Waals surface area contributed by atoms with Crippen LogP contribution >= 0.6 is 0 Å². The van der Waals surface area contributed by atoms with E-state index < -0.39 is 5.91 Å². The molecular formula is C14H11N3O. The minimum absolute atomic E-state index is 0.333. The number of hydrogen-bond acceptors (Lipinski definition) is 3. The van der Waals surface area contributed by atoms with Crippen LogP contribution in [0.15, 0.2) is 42.5 Å². The van der Waals surface area contributed by atoms with Gasteiger partial charge in [-0.05, 0) is 24.3 Å². The van der Waals surface area contributed by atoms with Gasteiger partial charge in [0.25, 0.3) is 5.91 Å². The molecule has 4 heteroatoms. The molecule has 4 nitrogen and oxygen atoms in total. The molecule has 1 aromatic heterocycles. The van der Waals surface area contributed by atoms with E-state index in [9.17, 15) is 4.79 Å². The number of primary amides is 1. The molecule has 88 valence electrons. The van der Waals surface area contributed by atoms with Crippen molar-refractivity contribution in [2.24, 2.45) is 5.73 Å². The molecule has 4 N–H and O–H groups in total. The van der Waals surface area contributed by atoms with Gasteiger partial charge >= 0.3 is 0 Å². The molecule has 3 aromatic rings. The molecule has 0 spiro atoms. The maximum Gasteiger partial charge on any atom is 0.250 e. The van der Waals surface area contributed by atoms with Gasteiger partial charge in [0.15, 0.2) is 0 Å². The van der Waals surface area contributed by atoms with Crippen LogP contribution in [-0.4, -0.2) is 10.9 Å². The van der Waals surface area contributed by atoms with Gasteiger partial charge in [0.2, 0.25) is 0 Å². The highest BCUT2D eigenvalue weighted by atomic mass is 16.1. The third kappa shape index (κ3) is 1.47. The number of aromatic nitrogens is 1. The number of rotatable bonds is 1. The normalized spacial score (nSPS) is 10.9. The number of hydrogen-bond donors (Lipinski definition) is 2. The van der Waals surface area contributed by atoms with Crippen LogP contribution < -0.4 is 11.5 Å². The van der Waals surface area contributed by atoms with E-state index in [-0.39, 0.29) is 0 Å². The minimum Gasteiger partial charge on any atom is -0.398 e. The van der Waals surface area contributed by atoms with Gasteiger partial charge in [-0.2, -0.15) is 0 Å². The van der Waals surface area contributed by atoms with E-state index in [1.54, 1.807) is 12.1 Å². The summed E-state index contributed by atoms with van der Waals surface area (Å²) in [6.07, 6.45) is 0. The first-order valence-corrected chi connectivity index (χ1v) is 5.54. The summed E-state index contributed by atoms with van der Waals surface area (Å²) in [7, 11) is 0. The fraction of sp³-hybridized carbons (Fsp3) is 0. The molecule has 1 heterocycles. The van der Waals surface area contributed by atoms with Gasteiger partial charge in [-0.25, -0.2) is 4.98 Å². The van der Waals surface area contributed by atoms with Gasteiger partial charge < -0.3 is 11.5 Å². The van der Waals surface area contributed by atoms with Crippen molar-refractivity contribution in [3.63, 3.8) is 0 Å². The highest BCUT2D eigenvalue weighted by molar-refractivity contribution is 6.08. The first kappa shape index (κ1) is 10.5. The molecule has 0 aliphatic rings. The van der Waals surface area contributed by atoms with Crippen molar-refractivity contribution in [3.8, 4) is 0 Å². The zero-order valence-electron chi connectivity index (χ0n) is 9.55. The van der Waals surface area contributed by atoms with Gasteiger partial charge in [-0.3, -0.25) is 4.79 Å². The lowest BCUT2D eigenvalue weighted by Gasteiger charge is -2.07. The molecule has 0 aliphatic carbocycles. The molecule has 0 saturated carbocycles. The van der Waals surface area contributed by atoms with Crippen molar-refractivity contribution < 1.29 is 4.79 Å². The Hall–Kier alpha value is -2.62. The quantitative estimate of drug-likeness (QED) is 0.502. The number of nitrogen functional groups attached to an aromatic ring is 1. The molecule has 1 amide bonds. The second kappa shape index (κ2) is 3.70. The van der Waals surface area contributed by atoms with Gasteiger partial charge in [0.1, 0.15) is 0 Å². The Bertz CT molecular complexity index is 780. The van der Waals surface area contributed by atoms with Crippen LogP contribution in [0.1, 0.15) is 10.4 Å². The SMILES string of the molecule is NC(=O)c1ccc2nc3ccccc3cc2c1N. The summed E-state index contributed by atoms with van der Waals surface area (Å²) < 4.78 is 0. The van der Waals surface area contributed by atoms with Crippen LogP contribution in [0, 0.1) is 0 Å². The summed E-state index contributed by atoms with van der Waals surface area (Å²) in [5.74, 6) is -0.525. The van der Waals surface area contributed by atoms with Crippen LogP contribution in [0.25, 0.3) is 21.8 Å². The fourth-order valence-electron chi connectivity index (χ4n) is 2.09. The average Bonchev–Trinajstić information content (AvgIpc) is 2.37. The van der Waals surface area contributed by atoms with Crippen molar-refractivity contribution in [2.45, 2.75) is 0 Å². The van der Waals surface area contributed by atoms with E-state index in [1.807, 2.05) is 30.3 Å². The number of amides is 1. The maximum absolute atomic E-state index is 11.3. The lowest BCUT2D eigenvalue weighted by Crippen LogP contribution is -2.13. The summed E-state index contributed by atoms with van der Waals surface area (Å²) in [5.41, 5.74) is 13.6. The Kier molecular flexibility index (Phi) is 2.16. The van der Waals surface area contributed by atoms with E-state index in [0.29, 0.717) is 11.3 Å². The number of nitrogens with two attached hydrogens (primary N) is 2. The second-order valence-electron chi connectivity index (χ2n) is 4.14. The van der Waals surface area contributed by atoms with Crippen LogP contribution in [0.4, 0.5) is 5.69 Å². The largest absolute Gasteiger partial charge is 0.398 e. The lowest BCUT2D eigenvalue weighted by molar-refractivity contribution is 0.100. The Morgan fingerprint density at radius 2 is 1.83 bits per heavy atom. The van der Waals surface area contributed by atoms with Crippen molar-refractivity contribution in [2.75, 3.05) is 5.73 Å². The Morgan fingerprint density at radius 1 is 1.06 bits per heavy atom.